The highest BCUT2D eigenvalue weighted by Gasteiger charge is 2.18. The van der Waals surface area contributed by atoms with Gasteiger partial charge in [-0.2, -0.15) is 0 Å². The maximum atomic E-state index is 12.0. The van der Waals surface area contributed by atoms with Gasteiger partial charge < -0.3 is 5.32 Å². The van der Waals surface area contributed by atoms with Gasteiger partial charge >= 0.3 is 0 Å². The molecule has 3 rings (SSSR count). The van der Waals surface area contributed by atoms with Crippen LogP contribution in [0.1, 0.15) is 40.8 Å². The van der Waals surface area contributed by atoms with Crippen LogP contribution in [0.3, 0.4) is 0 Å². The van der Waals surface area contributed by atoms with Gasteiger partial charge in [-0.05, 0) is 26.3 Å². The Morgan fingerprint density at radius 1 is 1.43 bits per heavy atom. The van der Waals surface area contributed by atoms with Crippen LogP contribution in [0.5, 0.6) is 0 Å². The summed E-state index contributed by atoms with van der Waals surface area (Å²) in [5.74, 6) is -0.280. The molecule has 1 aliphatic rings. The number of nitrogens with one attached hydrogen (secondary N) is 2. The van der Waals surface area contributed by atoms with Crippen molar-refractivity contribution in [1.29, 1.82) is 0 Å². The van der Waals surface area contributed by atoms with E-state index in [1.807, 2.05) is 12.3 Å². The number of aromatic nitrogens is 3. The molecule has 2 aromatic heterocycles. The summed E-state index contributed by atoms with van der Waals surface area (Å²) < 4.78 is 0. The van der Waals surface area contributed by atoms with E-state index in [-0.39, 0.29) is 24.4 Å². The van der Waals surface area contributed by atoms with Crippen molar-refractivity contribution in [3.63, 3.8) is 0 Å². The third-order valence-electron chi connectivity index (χ3n) is 3.16. The molecule has 1 atom stereocenters. The second kappa shape index (κ2) is 6.93. The molecule has 0 spiro atoms. The van der Waals surface area contributed by atoms with E-state index in [1.165, 1.54) is 17.5 Å². The normalized spacial score (nSPS) is 17.3. The first-order chi connectivity index (χ1) is 9.72. The molecule has 21 heavy (non-hydrogen) atoms. The number of aryl methyl sites for hydroxylation is 1. The van der Waals surface area contributed by atoms with Crippen molar-refractivity contribution in [3.8, 4) is 0 Å². The lowest BCUT2D eigenvalue weighted by Crippen LogP contribution is -2.17. The van der Waals surface area contributed by atoms with Gasteiger partial charge in [-0.3, -0.25) is 15.1 Å². The van der Waals surface area contributed by atoms with Gasteiger partial charge in [0.2, 0.25) is 0 Å². The number of hydrogen-bond donors (Lipinski definition) is 2. The smallest absolute Gasteiger partial charge is 0.277 e. The number of thiazole rings is 1. The van der Waals surface area contributed by atoms with Crippen molar-refractivity contribution >= 4 is 34.8 Å². The van der Waals surface area contributed by atoms with Crippen LogP contribution in [0.25, 0.3) is 0 Å². The lowest BCUT2D eigenvalue weighted by Gasteiger charge is -2.09. The Morgan fingerprint density at radius 3 is 2.86 bits per heavy atom. The van der Waals surface area contributed by atoms with E-state index in [0.29, 0.717) is 10.8 Å². The molecule has 1 unspecified atom stereocenters. The minimum Gasteiger partial charge on any atom is -0.309 e. The summed E-state index contributed by atoms with van der Waals surface area (Å²) in [5, 5.41) is 8.54. The van der Waals surface area contributed by atoms with E-state index < -0.39 is 0 Å². The molecule has 3 heterocycles. The molecule has 2 aromatic rings. The average molecular weight is 326 g/mol. The van der Waals surface area contributed by atoms with Crippen LogP contribution in [-0.2, 0) is 0 Å². The highest BCUT2D eigenvalue weighted by molar-refractivity contribution is 7.13. The summed E-state index contributed by atoms with van der Waals surface area (Å²) in [6.07, 6.45) is 5.41. The highest BCUT2D eigenvalue weighted by Crippen LogP contribution is 2.20. The number of carbonyl (C=O) groups is 1. The molecule has 2 N–H and O–H groups in total. The van der Waals surface area contributed by atoms with Gasteiger partial charge in [0.15, 0.2) is 5.13 Å². The zero-order valence-electron chi connectivity index (χ0n) is 11.5. The van der Waals surface area contributed by atoms with Crippen LogP contribution in [0.15, 0.2) is 17.8 Å². The molecular weight excluding hydrogens is 310 g/mol. The van der Waals surface area contributed by atoms with E-state index in [9.17, 15) is 4.79 Å². The molecule has 8 heteroatoms. The van der Waals surface area contributed by atoms with Gasteiger partial charge in [0.05, 0.1) is 29.8 Å². The van der Waals surface area contributed by atoms with E-state index >= 15 is 0 Å². The number of rotatable bonds is 3. The van der Waals surface area contributed by atoms with Crippen molar-refractivity contribution in [2.24, 2.45) is 0 Å². The van der Waals surface area contributed by atoms with Crippen molar-refractivity contribution in [2.75, 3.05) is 11.9 Å². The Bertz CT molecular complexity index is 609. The maximum absolute atomic E-state index is 12.0. The monoisotopic (exact) mass is 325 g/mol. The molecular formula is C13H16ClN5OS. The van der Waals surface area contributed by atoms with Crippen LogP contribution < -0.4 is 10.6 Å². The summed E-state index contributed by atoms with van der Waals surface area (Å²) in [7, 11) is 0. The standard InChI is InChI=1S/C13H15N5OS.ClH/c1-8-7-20-13(17-8)18-12(19)11-6-15-10(5-16-11)9-3-2-4-14-9;/h5-7,9,14H,2-4H2,1H3,(H,17,18,19);1H. The van der Waals surface area contributed by atoms with Crippen LogP contribution in [0.2, 0.25) is 0 Å². The van der Waals surface area contributed by atoms with Gasteiger partial charge in [0, 0.05) is 5.38 Å². The minimum absolute atomic E-state index is 0. The molecule has 0 aliphatic carbocycles. The first-order valence-electron chi connectivity index (χ1n) is 6.51. The Balaban J connectivity index is 0.00000161. The van der Waals surface area contributed by atoms with E-state index in [0.717, 1.165) is 30.8 Å². The van der Waals surface area contributed by atoms with Crippen molar-refractivity contribution in [1.82, 2.24) is 20.3 Å². The van der Waals surface area contributed by atoms with Gasteiger partial charge in [-0.15, -0.1) is 23.7 Å². The summed E-state index contributed by atoms with van der Waals surface area (Å²) >= 11 is 1.39. The topological polar surface area (TPSA) is 79.8 Å². The molecule has 0 radical (unpaired) electrons. The Hall–Kier alpha value is -1.57. The second-order valence-electron chi connectivity index (χ2n) is 4.72. The quantitative estimate of drug-likeness (QED) is 0.905. The molecule has 1 fully saturated rings. The van der Waals surface area contributed by atoms with Gasteiger partial charge in [0.25, 0.3) is 5.91 Å². The number of anilines is 1. The Morgan fingerprint density at radius 2 is 2.29 bits per heavy atom. The van der Waals surface area contributed by atoms with Crippen molar-refractivity contribution in [2.45, 2.75) is 25.8 Å². The Labute approximate surface area is 132 Å². The SMILES string of the molecule is Cc1csc(NC(=O)c2cnc(C3CCCN3)cn2)n1.Cl. The van der Waals surface area contributed by atoms with Crippen LogP contribution in [-0.4, -0.2) is 27.4 Å². The Kier molecular flexibility index (Phi) is 5.22. The predicted octanol–water partition coefficient (Wildman–Crippen LogP) is 2.34. The fourth-order valence-electron chi connectivity index (χ4n) is 2.14. The second-order valence-corrected chi connectivity index (χ2v) is 5.58. The number of amides is 1. The number of nitrogens with zero attached hydrogens (tertiary/aromatic N) is 3. The van der Waals surface area contributed by atoms with Crippen molar-refractivity contribution < 1.29 is 4.79 Å². The molecule has 112 valence electrons. The van der Waals surface area contributed by atoms with Crippen LogP contribution in [0, 0.1) is 6.92 Å². The van der Waals surface area contributed by atoms with E-state index in [1.54, 1.807) is 6.20 Å². The number of halogens is 1. The lowest BCUT2D eigenvalue weighted by atomic mass is 10.2. The predicted molar refractivity (Wildman–Crippen MR) is 84.1 cm³/mol. The van der Waals surface area contributed by atoms with Gasteiger partial charge in [-0.25, -0.2) is 9.97 Å². The van der Waals surface area contributed by atoms with Crippen LogP contribution >= 0.6 is 23.7 Å². The molecule has 6 nitrogen and oxygen atoms in total. The summed E-state index contributed by atoms with van der Waals surface area (Å²) in [6.45, 7) is 2.90. The third-order valence-corrected chi connectivity index (χ3v) is 4.04. The highest BCUT2D eigenvalue weighted by atomic mass is 35.5. The summed E-state index contributed by atoms with van der Waals surface area (Å²) in [5.41, 5.74) is 2.09. The molecule has 1 aliphatic heterocycles. The maximum Gasteiger partial charge on any atom is 0.277 e. The zero-order valence-corrected chi connectivity index (χ0v) is 13.1. The molecule has 0 aromatic carbocycles. The first kappa shape index (κ1) is 15.8. The first-order valence-corrected chi connectivity index (χ1v) is 7.39. The zero-order chi connectivity index (χ0) is 13.9. The fraction of sp³-hybridized carbons (Fsp3) is 0.385. The molecule has 1 amide bonds. The molecule has 1 saturated heterocycles. The third kappa shape index (κ3) is 3.75. The largest absolute Gasteiger partial charge is 0.309 e. The molecule has 0 saturated carbocycles. The lowest BCUT2D eigenvalue weighted by molar-refractivity contribution is 0.102. The van der Waals surface area contributed by atoms with Gasteiger partial charge in [0.1, 0.15) is 5.69 Å². The minimum atomic E-state index is -0.280. The van der Waals surface area contributed by atoms with Crippen molar-refractivity contribution in [3.05, 3.63) is 34.9 Å². The van der Waals surface area contributed by atoms with Gasteiger partial charge in [-0.1, -0.05) is 0 Å². The summed E-state index contributed by atoms with van der Waals surface area (Å²) in [4.78, 5) is 24.7. The number of carbonyl (C=O) groups excluding carboxylic acids is 1. The average Bonchev–Trinajstić information content (AvgIpc) is 3.11. The fourth-order valence-corrected chi connectivity index (χ4v) is 2.83. The number of hydrogen-bond acceptors (Lipinski definition) is 6. The van der Waals surface area contributed by atoms with Crippen LogP contribution in [0.4, 0.5) is 5.13 Å². The molecule has 0 bridgehead atoms. The van der Waals surface area contributed by atoms with E-state index in [2.05, 4.69) is 25.6 Å². The van der Waals surface area contributed by atoms with E-state index in [4.69, 9.17) is 0 Å². The summed E-state index contributed by atoms with van der Waals surface area (Å²) in [6, 6.07) is 0.265.